The van der Waals surface area contributed by atoms with Crippen LogP contribution in [0, 0.1) is 0 Å². The third kappa shape index (κ3) is 3.41. The summed E-state index contributed by atoms with van der Waals surface area (Å²) in [6.07, 6.45) is 4.95. The average molecular weight is 412 g/mol. The van der Waals surface area contributed by atoms with Crippen molar-refractivity contribution in [3.63, 3.8) is 0 Å². The molecule has 0 spiro atoms. The molecule has 1 aliphatic heterocycles. The van der Waals surface area contributed by atoms with Crippen molar-refractivity contribution in [3.05, 3.63) is 78.9 Å². The first kappa shape index (κ1) is 19.5. The van der Waals surface area contributed by atoms with E-state index < -0.39 is 0 Å². The minimum atomic E-state index is -0.196. The fourth-order valence-electron chi connectivity index (χ4n) is 4.32. The maximum atomic E-state index is 12.4. The Bertz CT molecular complexity index is 1140. The highest BCUT2D eigenvalue weighted by Crippen LogP contribution is 2.42. The number of fused-ring (bicyclic) bond motifs is 1. The molecule has 1 aliphatic carbocycles. The lowest BCUT2D eigenvalue weighted by Crippen LogP contribution is -2.43. The first-order chi connectivity index (χ1) is 15.1. The van der Waals surface area contributed by atoms with Crippen LogP contribution in [0.2, 0.25) is 0 Å². The topological polar surface area (TPSA) is 68.5 Å². The Hall–Kier alpha value is -3.44. The molecule has 31 heavy (non-hydrogen) atoms. The molecule has 1 aromatic heterocycles. The SMILES string of the molecule is C=CCN1C(=O)COc2nc(-c3ccc(C4(N)CCC4)cc3)c(-c3ccccc3)cc21. The third-order valence-electron chi connectivity index (χ3n) is 6.27. The fourth-order valence-corrected chi connectivity index (χ4v) is 4.32. The molecule has 2 aromatic carbocycles. The molecule has 5 rings (SSSR count). The lowest BCUT2D eigenvalue weighted by Gasteiger charge is -2.38. The van der Waals surface area contributed by atoms with Crippen molar-refractivity contribution in [1.82, 2.24) is 4.98 Å². The van der Waals surface area contributed by atoms with Gasteiger partial charge in [-0.05, 0) is 36.5 Å². The van der Waals surface area contributed by atoms with Gasteiger partial charge in [0.1, 0.15) is 5.69 Å². The van der Waals surface area contributed by atoms with Gasteiger partial charge < -0.3 is 15.4 Å². The van der Waals surface area contributed by atoms with Crippen molar-refractivity contribution in [2.24, 2.45) is 5.73 Å². The van der Waals surface area contributed by atoms with E-state index in [0.29, 0.717) is 18.1 Å². The van der Waals surface area contributed by atoms with Crippen molar-refractivity contribution < 1.29 is 9.53 Å². The Morgan fingerprint density at radius 3 is 2.48 bits per heavy atom. The summed E-state index contributed by atoms with van der Waals surface area (Å²) in [6, 6.07) is 20.5. The number of carbonyl (C=O) groups excluding carboxylic acids is 1. The van der Waals surface area contributed by atoms with Crippen LogP contribution in [0.3, 0.4) is 0 Å². The molecule has 1 saturated carbocycles. The van der Waals surface area contributed by atoms with Gasteiger partial charge in [0.25, 0.3) is 5.91 Å². The van der Waals surface area contributed by atoms with Gasteiger partial charge in [0.15, 0.2) is 6.61 Å². The van der Waals surface area contributed by atoms with Crippen LogP contribution in [-0.4, -0.2) is 24.0 Å². The standard InChI is InChI=1S/C26H25N3O2/c1-2-15-29-22-16-21(18-7-4-3-5-8-18)24(28-25(22)31-17-23(29)30)19-9-11-20(12-10-19)26(27)13-6-14-26/h2-5,7-12,16H,1,6,13-15,17,27H2. The van der Waals surface area contributed by atoms with Crippen LogP contribution in [0.15, 0.2) is 73.3 Å². The number of anilines is 1. The van der Waals surface area contributed by atoms with Crippen LogP contribution < -0.4 is 15.4 Å². The molecular formula is C26H25N3O2. The Morgan fingerprint density at radius 2 is 1.84 bits per heavy atom. The number of carbonyl (C=O) groups is 1. The zero-order valence-corrected chi connectivity index (χ0v) is 17.4. The number of hydrogen-bond donors (Lipinski definition) is 1. The second-order valence-corrected chi connectivity index (χ2v) is 8.24. The van der Waals surface area contributed by atoms with Gasteiger partial charge in [-0.1, -0.05) is 60.7 Å². The third-order valence-corrected chi connectivity index (χ3v) is 6.27. The molecule has 156 valence electrons. The number of ether oxygens (including phenoxy) is 1. The summed E-state index contributed by atoms with van der Waals surface area (Å²) in [5.41, 5.74) is 11.9. The minimum absolute atomic E-state index is 0.0212. The van der Waals surface area contributed by atoms with Crippen molar-refractivity contribution >= 4 is 11.6 Å². The Balaban J connectivity index is 1.64. The highest BCUT2D eigenvalue weighted by atomic mass is 16.5. The quantitative estimate of drug-likeness (QED) is 0.620. The van der Waals surface area contributed by atoms with Gasteiger partial charge in [-0.15, -0.1) is 6.58 Å². The van der Waals surface area contributed by atoms with Crippen molar-refractivity contribution in [2.75, 3.05) is 18.1 Å². The van der Waals surface area contributed by atoms with Gasteiger partial charge in [0.05, 0.1) is 5.69 Å². The van der Waals surface area contributed by atoms with E-state index in [4.69, 9.17) is 15.5 Å². The number of nitrogens with two attached hydrogens (primary N) is 1. The maximum absolute atomic E-state index is 12.4. The lowest BCUT2D eigenvalue weighted by molar-refractivity contribution is -0.121. The normalized spacial score (nSPS) is 16.8. The van der Waals surface area contributed by atoms with Crippen LogP contribution in [-0.2, 0) is 10.3 Å². The number of nitrogens with zero attached hydrogens (tertiary/aromatic N) is 2. The van der Waals surface area contributed by atoms with E-state index in [1.807, 2.05) is 36.4 Å². The fraction of sp³-hybridized carbons (Fsp3) is 0.231. The molecule has 0 unspecified atom stereocenters. The number of amides is 1. The molecular weight excluding hydrogens is 386 g/mol. The first-order valence-electron chi connectivity index (χ1n) is 10.6. The lowest BCUT2D eigenvalue weighted by atomic mass is 9.72. The van der Waals surface area contributed by atoms with Gasteiger partial charge in [-0.3, -0.25) is 4.79 Å². The summed E-state index contributed by atoms with van der Waals surface area (Å²) in [5.74, 6) is 0.369. The molecule has 2 aliphatic rings. The van der Waals surface area contributed by atoms with E-state index in [1.165, 1.54) is 12.0 Å². The Morgan fingerprint density at radius 1 is 1.10 bits per heavy atom. The number of rotatable bonds is 5. The molecule has 5 heteroatoms. The van der Waals surface area contributed by atoms with Gasteiger partial charge in [0, 0.05) is 23.2 Å². The minimum Gasteiger partial charge on any atom is -0.466 e. The van der Waals surface area contributed by atoms with E-state index in [2.05, 4.69) is 30.8 Å². The summed E-state index contributed by atoms with van der Waals surface area (Å²) in [7, 11) is 0. The second-order valence-electron chi connectivity index (χ2n) is 8.24. The predicted molar refractivity (Wildman–Crippen MR) is 123 cm³/mol. The van der Waals surface area contributed by atoms with Gasteiger partial charge >= 0.3 is 0 Å². The Kier molecular flexibility index (Phi) is 4.83. The van der Waals surface area contributed by atoms with Crippen LogP contribution >= 0.6 is 0 Å². The molecule has 1 amide bonds. The maximum Gasteiger partial charge on any atom is 0.265 e. The molecule has 0 bridgehead atoms. The van der Waals surface area contributed by atoms with Gasteiger partial charge in [-0.2, -0.15) is 0 Å². The predicted octanol–water partition coefficient (Wildman–Crippen LogP) is 4.66. The summed E-state index contributed by atoms with van der Waals surface area (Å²) in [6.45, 7) is 4.18. The summed E-state index contributed by atoms with van der Waals surface area (Å²) in [4.78, 5) is 19.0. The number of benzene rings is 2. The van der Waals surface area contributed by atoms with Crippen LogP contribution in [0.25, 0.3) is 22.4 Å². The number of hydrogen-bond acceptors (Lipinski definition) is 4. The average Bonchev–Trinajstić information content (AvgIpc) is 2.79. The van der Waals surface area contributed by atoms with E-state index in [0.717, 1.165) is 35.2 Å². The number of pyridine rings is 1. The van der Waals surface area contributed by atoms with Crippen molar-refractivity contribution in [3.8, 4) is 28.3 Å². The Labute approximate surface area is 182 Å². The monoisotopic (exact) mass is 411 g/mol. The summed E-state index contributed by atoms with van der Waals surface area (Å²) >= 11 is 0. The van der Waals surface area contributed by atoms with Gasteiger partial charge in [0.2, 0.25) is 5.88 Å². The summed E-state index contributed by atoms with van der Waals surface area (Å²) < 4.78 is 5.71. The largest absolute Gasteiger partial charge is 0.466 e. The van der Waals surface area contributed by atoms with Gasteiger partial charge in [-0.25, -0.2) is 4.98 Å². The van der Waals surface area contributed by atoms with Crippen molar-refractivity contribution in [1.29, 1.82) is 0 Å². The molecule has 3 aromatic rings. The highest BCUT2D eigenvalue weighted by Gasteiger charge is 2.34. The van der Waals surface area contributed by atoms with E-state index in [-0.39, 0.29) is 18.1 Å². The smallest absolute Gasteiger partial charge is 0.265 e. The molecule has 2 heterocycles. The zero-order chi connectivity index (χ0) is 21.4. The first-order valence-corrected chi connectivity index (χ1v) is 10.6. The number of aromatic nitrogens is 1. The van der Waals surface area contributed by atoms with E-state index >= 15 is 0 Å². The van der Waals surface area contributed by atoms with E-state index in [9.17, 15) is 4.79 Å². The molecule has 0 saturated heterocycles. The second kappa shape index (κ2) is 7.67. The van der Waals surface area contributed by atoms with Crippen LogP contribution in [0.4, 0.5) is 5.69 Å². The zero-order valence-electron chi connectivity index (χ0n) is 17.4. The molecule has 0 atom stereocenters. The van der Waals surface area contributed by atoms with E-state index in [1.54, 1.807) is 11.0 Å². The summed E-state index contributed by atoms with van der Waals surface area (Å²) in [5, 5.41) is 0. The molecule has 5 nitrogen and oxygen atoms in total. The van der Waals surface area contributed by atoms with Crippen molar-refractivity contribution in [2.45, 2.75) is 24.8 Å². The highest BCUT2D eigenvalue weighted by molar-refractivity contribution is 5.99. The molecule has 0 radical (unpaired) electrons. The van der Waals surface area contributed by atoms with Crippen LogP contribution in [0.5, 0.6) is 5.88 Å². The molecule has 1 fully saturated rings. The molecule has 2 N–H and O–H groups in total. The van der Waals surface area contributed by atoms with Crippen LogP contribution in [0.1, 0.15) is 24.8 Å².